The van der Waals surface area contributed by atoms with E-state index in [1.54, 1.807) is 0 Å². The Morgan fingerprint density at radius 2 is 2.00 bits per heavy atom. The van der Waals surface area contributed by atoms with Crippen LogP contribution >= 0.6 is 15.9 Å². The highest BCUT2D eigenvalue weighted by atomic mass is 79.9. The SMILES string of the molecule is CCNc1nc(COCC)nc(CC(C)C)c1Br. The summed E-state index contributed by atoms with van der Waals surface area (Å²) < 4.78 is 6.36. The van der Waals surface area contributed by atoms with E-state index < -0.39 is 0 Å². The van der Waals surface area contributed by atoms with Crippen molar-refractivity contribution < 1.29 is 4.74 Å². The van der Waals surface area contributed by atoms with Gasteiger partial charge in [-0.25, -0.2) is 9.97 Å². The second kappa shape index (κ2) is 7.69. The first-order chi connectivity index (χ1) is 8.58. The number of nitrogens with one attached hydrogen (secondary N) is 1. The van der Waals surface area contributed by atoms with Crippen molar-refractivity contribution in [1.82, 2.24) is 9.97 Å². The lowest BCUT2D eigenvalue weighted by Gasteiger charge is -2.13. The van der Waals surface area contributed by atoms with Crippen molar-refractivity contribution >= 4 is 21.7 Å². The number of hydrogen-bond acceptors (Lipinski definition) is 4. The minimum absolute atomic E-state index is 0.466. The molecule has 5 heteroatoms. The van der Waals surface area contributed by atoms with Gasteiger partial charge in [-0.3, -0.25) is 0 Å². The van der Waals surface area contributed by atoms with Crippen molar-refractivity contribution in [2.75, 3.05) is 18.5 Å². The molecule has 0 aliphatic rings. The summed E-state index contributed by atoms with van der Waals surface area (Å²) in [6.45, 7) is 10.4. The van der Waals surface area contributed by atoms with E-state index in [0.717, 1.165) is 34.8 Å². The van der Waals surface area contributed by atoms with E-state index in [2.05, 4.69) is 52.0 Å². The van der Waals surface area contributed by atoms with Crippen molar-refractivity contribution in [3.8, 4) is 0 Å². The Bertz CT molecular complexity index is 383. The molecule has 18 heavy (non-hydrogen) atoms. The minimum Gasteiger partial charge on any atom is -0.374 e. The molecular weight excluding hydrogens is 294 g/mol. The van der Waals surface area contributed by atoms with E-state index in [0.29, 0.717) is 19.1 Å². The van der Waals surface area contributed by atoms with Crippen molar-refractivity contribution in [2.45, 2.75) is 40.7 Å². The molecule has 1 rings (SSSR count). The van der Waals surface area contributed by atoms with Gasteiger partial charge in [0.15, 0.2) is 5.82 Å². The summed E-state index contributed by atoms with van der Waals surface area (Å²) >= 11 is 3.58. The predicted molar refractivity (Wildman–Crippen MR) is 77.8 cm³/mol. The van der Waals surface area contributed by atoms with E-state index in [1.807, 2.05) is 6.92 Å². The number of rotatable bonds is 7. The van der Waals surface area contributed by atoms with Crippen molar-refractivity contribution in [3.63, 3.8) is 0 Å². The Morgan fingerprint density at radius 1 is 1.28 bits per heavy atom. The molecular formula is C13H22BrN3O. The third-order valence-electron chi connectivity index (χ3n) is 2.35. The zero-order valence-corrected chi connectivity index (χ0v) is 13.2. The van der Waals surface area contributed by atoms with Gasteiger partial charge in [-0.15, -0.1) is 0 Å². The van der Waals surface area contributed by atoms with Crippen molar-refractivity contribution in [2.24, 2.45) is 5.92 Å². The number of halogens is 1. The van der Waals surface area contributed by atoms with Gasteiger partial charge in [-0.05, 0) is 42.1 Å². The molecule has 1 heterocycles. The lowest BCUT2D eigenvalue weighted by atomic mass is 10.1. The van der Waals surface area contributed by atoms with Gasteiger partial charge >= 0.3 is 0 Å². The highest BCUT2D eigenvalue weighted by Crippen LogP contribution is 2.25. The van der Waals surface area contributed by atoms with Crippen LogP contribution in [0, 0.1) is 5.92 Å². The summed E-state index contributed by atoms with van der Waals surface area (Å²) in [6.07, 6.45) is 0.931. The fourth-order valence-corrected chi connectivity index (χ4v) is 2.09. The molecule has 0 aliphatic carbocycles. The Kier molecular flexibility index (Phi) is 6.57. The molecule has 0 aromatic carbocycles. The van der Waals surface area contributed by atoms with Crippen LogP contribution in [0.15, 0.2) is 4.47 Å². The molecule has 4 nitrogen and oxygen atoms in total. The number of hydrogen-bond donors (Lipinski definition) is 1. The lowest BCUT2D eigenvalue weighted by Crippen LogP contribution is -2.10. The van der Waals surface area contributed by atoms with E-state index in [-0.39, 0.29) is 0 Å². The summed E-state index contributed by atoms with van der Waals surface area (Å²) in [4.78, 5) is 9.04. The molecule has 0 saturated heterocycles. The highest BCUT2D eigenvalue weighted by molar-refractivity contribution is 9.10. The van der Waals surface area contributed by atoms with Gasteiger partial charge in [-0.2, -0.15) is 0 Å². The largest absolute Gasteiger partial charge is 0.374 e. The monoisotopic (exact) mass is 315 g/mol. The second-order valence-corrected chi connectivity index (χ2v) is 5.31. The maximum atomic E-state index is 5.38. The minimum atomic E-state index is 0.466. The van der Waals surface area contributed by atoms with E-state index >= 15 is 0 Å². The van der Waals surface area contributed by atoms with Gasteiger partial charge in [0.25, 0.3) is 0 Å². The molecule has 1 aromatic rings. The molecule has 0 spiro atoms. The summed E-state index contributed by atoms with van der Waals surface area (Å²) in [7, 11) is 0. The van der Waals surface area contributed by atoms with Crippen LogP contribution in [-0.4, -0.2) is 23.1 Å². The first kappa shape index (κ1) is 15.4. The molecule has 0 amide bonds. The molecule has 0 saturated carbocycles. The molecule has 0 radical (unpaired) electrons. The van der Waals surface area contributed by atoms with Crippen LogP contribution < -0.4 is 5.32 Å². The standard InChI is InChI=1S/C13H22BrN3O/c1-5-15-13-12(14)10(7-9(3)4)16-11(17-13)8-18-6-2/h9H,5-8H2,1-4H3,(H,15,16,17). The first-order valence-corrected chi connectivity index (χ1v) is 7.24. The summed E-state index contributed by atoms with van der Waals surface area (Å²) in [5, 5.41) is 3.25. The average Bonchev–Trinajstić information content (AvgIpc) is 2.31. The molecule has 1 N–H and O–H groups in total. The fourth-order valence-electron chi connectivity index (χ4n) is 1.61. The second-order valence-electron chi connectivity index (χ2n) is 4.51. The van der Waals surface area contributed by atoms with Crippen molar-refractivity contribution in [1.29, 1.82) is 0 Å². The molecule has 0 fully saturated rings. The van der Waals surface area contributed by atoms with Crippen LogP contribution in [0.3, 0.4) is 0 Å². The van der Waals surface area contributed by atoms with E-state index in [4.69, 9.17) is 4.74 Å². The average molecular weight is 316 g/mol. The van der Waals surface area contributed by atoms with Gasteiger partial charge in [0.2, 0.25) is 0 Å². The Hall–Kier alpha value is -0.680. The Morgan fingerprint density at radius 3 is 2.56 bits per heavy atom. The summed E-state index contributed by atoms with van der Waals surface area (Å²) in [5.74, 6) is 2.16. The zero-order valence-electron chi connectivity index (χ0n) is 11.6. The molecule has 0 unspecified atom stereocenters. The number of aromatic nitrogens is 2. The van der Waals surface area contributed by atoms with Crippen LogP contribution in [0.4, 0.5) is 5.82 Å². The number of anilines is 1. The molecule has 0 bridgehead atoms. The fraction of sp³-hybridized carbons (Fsp3) is 0.692. The van der Waals surface area contributed by atoms with E-state index in [1.165, 1.54) is 0 Å². The van der Waals surface area contributed by atoms with Crippen molar-refractivity contribution in [3.05, 3.63) is 16.0 Å². The van der Waals surface area contributed by atoms with Crippen LogP contribution in [0.5, 0.6) is 0 Å². The van der Waals surface area contributed by atoms with Crippen LogP contribution in [0.25, 0.3) is 0 Å². The molecule has 1 aromatic heterocycles. The van der Waals surface area contributed by atoms with Gasteiger partial charge < -0.3 is 10.1 Å². The Labute approximate surface area is 118 Å². The van der Waals surface area contributed by atoms with Crippen LogP contribution in [0.2, 0.25) is 0 Å². The lowest BCUT2D eigenvalue weighted by molar-refractivity contribution is 0.128. The first-order valence-electron chi connectivity index (χ1n) is 6.45. The van der Waals surface area contributed by atoms with E-state index in [9.17, 15) is 0 Å². The number of nitrogens with zero attached hydrogens (tertiary/aromatic N) is 2. The van der Waals surface area contributed by atoms with Crippen LogP contribution in [0.1, 0.15) is 39.2 Å². The Balaban J connectivity index is 3.02. The third kappa shape index (κ3) is 4.53. The quantitative estimate of drug-likeness (QED) is 0.837. The van der Waals surface area contributed by atoms with Gasteiger partial charge in [-0.1, -0.05) is 13.8 Å². The summed E-state index contributed by atoms with van der Waals surface area (Å²) in [5.41, 5.74) is 1.05. The smallest absolute Gasteiger partial charge is 0.156 e. The number of ether oxygens (including phenoxy) is 1. The van der Waals surface area contributed by atoms with Crippen LogP contribution in [-0.2, 0) is 17.8 Å². The summed E-state index contributed by atoms with van der Waals surface area (Å²) in [6, 6.07) is 0. The van der Waals surface area contributed by atoms with Gasteiger partial charge in [0.1, 0.15) is 12.4 Å². The van der Waals surface area contributed by atoms with Gasteiger partial charge in [0.05, 0.1) is 10.2 Å². The highest BCUT2D eigenvalue weighted by Gasteiger charge is 2.13. The normalized spacial score (nSPS) is 11.0. The van der Waals surface area contributed by atoms with Gasteiger partial charge in [0, 0.05) is 13.2 Å². The topological polar surface area (TPSA) is 47.0 Å². The third-order valence-corrected chi connectivity index (χ3v) is 3.18. The maximum Gasteiger partial charge on any atom is 0.156 e. The molecule has 0 aliphatic heterocycles. The molecule has 0 atom stereocenters. The zero-order chi connectivity index (χ0) is 13.5. The maximum absolute atomic E-state index is 5.38. The molecule has 102 valence electrons. The predicted octanol–water partition coefficient (Wildman–Crippen LogP) is 3.41.